The number of Topliss-reactive ketones (excluding diaryl/α,β-unsaturated/α-hetero) is 1. The summed E-state index contributed by atoms with van der Waals surface area (Å²) >= 11 is 7.67. The van der Waals surface area contributed by atoms with Gasteiger partial charge in [-0.1, -0.05) is 41.1 Å². The Hall–Kier alpha value is -2.31. The van der Waals surface area contributed by atoms with Crippen LogP contribution in [0, 0.1) is 0 Å². The molecular weight excluding hydrogens is 332 g/mol. The number of carbonyl (C=O) groups is 1. The number of benzene rings is 1. The van der Waals surface area contributed by atoms with E-state index in [-0.39, 0.29) is 5.78 Å². The van der Waals surface area contributed by atoms with Gasteiger partial charge in [-0.2, -0.15) is 0 Å². The Morgan fingerprint density at radius 1 is 1.26 bits per heavy atom. The fourth-order valence-corrected chi connectivity index (χ4v) is 3.75. The van der Waals surface area contributed by atoms with Crippen molar-refractivity contribution in [3.05, 3.63) is 41.3 Å². The van der Waals surface area contributed by atoms with Crippen LogP contribution in [0.4, 0.5) is 0 Å². The van der Waals surface area contributed by atoms with Crippen LogP contribution in [-0.4, -0.2) is 25.3 Å². The molecule has 0 saturated heterocycles. The molecule has 3 heterocycles. The summed E-state index contributed by atoms with van der Waals surface area (Å²) in [7, 11) is 1.90. The number of hydrogen-bond donors (Lipinski definition) is 0. The highest BCUT2D eigenvalue weighted by molar-refractivity contribution is 7.21. The van der Waals surface area contributed by atoms with Crippen LogP contribution in [0.15, 0.2) is 30.6 Å². The van der Waals surface area contributed by atoms with Crippen LogP contribution in [0.1, 0.15) is 17.3 Å². The maximum absolute atomic E-state index is 11.6. The van der Waals surface area contributed by atoms with Crippen molar-refractivity contribution in [1.29, 1.82) is 0 Å². The van der Waals surface area contributed by atoms with Gasteiger partial charge >= 0.3 is 0 Å². The maximum Gasteiger partial charge on any atom is 0.159 e. The second-order valence-electron chi connectivity index (χ2n) is 5.27. The Bertz CT molecular complexity index is 1080. The molecule has 0 saturated carbocycles. The van der Waals surface area contributed by atoms with E-state index in [4.69, 9.17) is 16.6 Å². The minimum absolute atomic E-state index is 0.0307. The second-order valence-corrected chi connectivity index (χ2v) is 6.60. The average Bonchev–Trinajstić information content (AvgIpc) is 3.11. The molecule has 0 aliphatic rings. The standard InChI is InChI=1S/C16H11ClN4OS/c1-8(22)9-4-3-5-10(6-9)15-19-12-13-11(18-7-21(13)2)14(17)20-16(12)23-15/h3-7H,1-2H3. The predicted octanol–water partition coefficient (Wildman–Crippen LogP) is 4.10. The van der Waals surface area contributed by atoms with Crippen molar-refractivity contribution in [2.75, 3.05) is 0 Å². The van der Waals surface area contributed by atoms with Crippen molar-refractivity contribution in [1.82, 2.24) is 19.5 Å². The van der Waals surface area contributed by atoms with Crippen LogP contribution < -0.4 is 0 Å². The molecule has 0 fully saturated rings. The predicted molar refractivity (Wildman–Crippen MR) is 92.1 cm³/mol. The first-order valence-electron chi connectivity index (χ1n) is 6.93. The zero-order chi connectivity index (χ0) is 16.1. The van der Waals surface area contributed by atoms with Gasteiger partial charge in [0.1, 0.15) is 26.4 Å². The number of ketones is 1. The van der Waals surface area contributed by atoms with Gasteiger partial charge in [0, 0.05) is 18.2 Å². The number of aryl methyl sites for hydroxylation is 1. The highest BCUT2D eigenvalue weighted by Gasteiger charge is 2.16. The molecule has 4 rings (SSSR count). The number of rotatable bonds is 2. The first-order valence-corrected chi connectivity index (χ1v) is 8.12. The molecule has 0 bridgehead atoms. The molecule has 1 aromatic carbocycles. The third kappa shape index (κ3) is 2.22. The molecule has 7 heteroatoms. The smallest absolute Gasteiger partial charge is 0.159 e. The number of thiazole rings is 1. The molecule has 0 spiro atoms. The lowest BCUT2D eigenvalue weighted by Gasteiger charge is -1.99. The molecule has 4 aromatic rings. The van der Waals surface area contributed by atoms with Crippen molar-refractivity contribution in [3.8, 4) is 10.6 Å². The van der Waals surface area contributed by atoms with E-state index < -0.39 is 0 Å². The summed E-state index contributed by atoms with van der Waals surface area (Å²) in [4.78, 5) is 25.7. The molecule has 0 N–H and O–H groups in total. The molecule has 0 aliphatic heterocycles. The van der Waals surface area contributed by atoms with Gasteiger partial charge in [0.05, 0.1) is 6.33 Å². The van der Waals surface area contributed by atoms with E-state index in [0.717, 1.165) is 26.4 Å². The summed E-state index contributed by atoms with van der Waals surface area (Å²) in [6, 6.07) is 7.44. The number of pyridine rings is 1. The quantitative estimate of drug-likeness (QED) is 0.406. The van der Waals surface area contributed by atoms with Crippen LogP contribution in [0.2, 0.25) is 5.15 Å². The van der Waals surface area contributed by atoms with E-state index >= 15 is 0 Å². The largest absolute Gasteiger partial charge is 0.332 e. The minimum atomic E-state index is 0.0307. The first-order chi connectivity index (χ1) is 11.0. The Balaban J connectivity index is 1.99. The van der Waals surface area contributed by atoms with Gasteiger partial charge in [-0.25, -0.2) is 15.0 Å². The molecule has 114 valence electrons. The molecule has 0 atom stereocenters. The fraction of sp³-hybridized carbons (Fsp3) is 0.125. The third-order valence-corrected chi connectivity index (χ3v) is 4.94. The molecule has 0 aliphatic carbocycles. The number of nitrogens with zero attached hydrogens (tertiary/aromatic N) is 4. The second kappa shape index (κ2) is 5.11. The molecular formula is C16H11ClN4OS. The number of carbonyl (C=O) groups excluding carboxylic acids is 1. The lowest BCUT2D eigenvalue weighted by atomic mass is 10.1. The van der Waals surface area contributed by atoms with E-state index in [0.29, 0.717) is 16.2 Å². The van der Waals surface area contributed by atoms with Gasteiger partial charge in [-0.3, -0.25) is 4.79 Å². The lowest BCUT2D eigenvalue weighted by Crippen LogP contribution is -1.91. The van der Waals surface area contributed by atoms with Crippen LogP contribution >= 0.6 is 22.9 Å². The summed E-state index contributed by atoms with van der Waals surface area (Å²) in [6.45, 7) is 1.55. The normalized spacial score (nSPS) is 11.4. The van der Waals surface area contributed by atoms with Gasteiger partial charge in [0.2, 0.25) is 0 Å². The highest BCUT2D eigenvalue weighted by Crippen LogP contribution is 2.35. The van der Waals surface area contributed by atoms with Crippen molar-refractivity contribution < 1.29 is 4.79 Å². The number of halogens is 1. The minimum Gasteiger partial charge on any atom is -0.332 e. The molecule has 0 amide bonds. The zero-order valence-corrected chi connectivity index (χ0v) is 13.9. The van der Waals surface area contributed by atoms with Gasteiger partial charge in [-0.05, 0) is 13.0 Å². The summed E-state index contributed by atoms with van der Waals surface area (Å²) in [5.74, 6) is 0.0307. The first kappa shape index (κ1) is 14.3. The number of fused-ring (bicyclic) bond motifs is 3. The monoisotopic (exact) mass is 342 g/mol. The lowest BCUT2D eigenvalue weighted by molar-refractivity contribution is 0.101. The van der Waals surface area contributed by atoms with E-state index in [9.17, 15) is 4.79 Å². The Kier molecular flexibility index (Phi) is 3.18. The van der Waals surface area contributed by atoms with Crippen molar-refractivity contribution in [2.24, 2.45) is 7.05 Å². The fourth-order valence-electron chi connectivity index (χ4n) is 2.54. The van der Waals surface area contributed by atoms with Gasteiger partial charge < -0.3 is 4.57 Å². The summed E-state index contributed by atoms with van der Waals surface area (Å²) < 4.78 is 1.89. The van der Waals surface area contributed by atoms with Gasteiger partial charge in [0.15, 0.2) is 10.9 Å². The Morgan fingerprint density at radius 3 is 2.87 bits per heavy atom. The van der Waals surface area contributed by atoms with Crippen molar-refractivity contribution >= 4 is 50.1 Å². The van der Waals surface area contributed by atoms with E-state index in [1.165, 1.54) is 11.3 Å². The number of aromatic nitrogens is 4. The topological polar surface area (TPSA) is 60.7 Å². The van der Waals surface area contributed by atoms with Crippen molar-refractivity contribution in [2.45, 2.75) is 6.92 Å². The van der Waals surface area contributed by atoms with Crippen LogP contribution in [-0.2, 0) is 7.05 Å². The summed E-state index contributed by atoms with van der Waals surface area (Å²) in [5, 5.41) is 1.18. The SMILES string of the molecule is CC(=O)c1cccc(-c2nc3c(nc(Cl)c4ncn(C)c43)s2)c1. The zero-order valence-electron chi connectivity index (χ0n) is 12.4. The van der Waals surface area contributed by atoms with Crippen LogP contribution in [0.5, 0.6) is 0 Å². The number of hydrogen-bond acceptors (Lipinski definition) is 5. The third-order valence-electron chi connectivity index (χ3n) is 3.68. The van der Waals surface area contributed by atoms with E-state index in [1.807, 2.05) is 29.8 Å². The summed E-state index contributed by atoms with van der Waals surface area (Å²) in [5.41, 5.74) is 3.85. The molecule has 0 unspecified atom stereocenters. The maximum atomic E-state index is 11.6. The summed E-state index contributed by atoms with van der Waals surface area (Å²) in [6.07, 6.45) is 1.70. The van der Waals surface area contributed by atoms with Crippen LogP contribution in [0.25, 0.3) is 32.0 Å². The molecule has 5 nitrogen and oxygen atoms in total. The van der Waals surface area contributed by atoms with Gasteiger partial charge in [-0.15, -0.1) is 0 Å². The van der Waals surface area contributed by atoms with Crippen molar-refractivity contribution in [3.63, 3.8) is 0 Å². The molecule has 0 radical (unpaired) electrons. The van der Waals surface area contributed by atoms with Gasteiger partial charge in [0.25, 0.3) is 0 Å². The molecule has 3 aromatic heterocycles. The highest BCUT2D eigenvalue weighted by atomic mass is 35.5. The van der Waals surface area contributed by atoms with E-state index in [2.05, 4.69) is 9.97 Å². The Labute approximate surface area is 140 Å². The number of imidazole rings is 1. The molecule has 23 heavy (non-hydrogen) atoms. The van der Waals surface area contributed by atoms with E-state index in [1.54, 1.807) is 19.3 Å². The average molecular weight is 343 g/mol. The Morgan fingerprint density at radius 2 is 2.09 bits per heavy atom. The van der Waals surface area contributed by atoms with Crippen LogP contribution in [0.3, 0.4) is 0 Å².